The van der Waals surface area contributed by atoms with Crippen LogP contribution in [-0.4, -0.2) is 29.5 Å². The highest BCUT2D eigenvalue weighted by Crippen LogP contribution is 2.25. The highest BCUT2D eigenvalue weighted by atomic mass is 19.1. The minimum Gasteiger partial charge on any atom is -0.358 e. The van der Waals surface area contributed by atoms with Crippen molar-refractivity contribution in [3.8, 4) is 5.69 Å². The van der Waals surface area contributed by atoms with Crippen LogP contribution in [0.15, 0.2) is 59.9 Å². The second-order valence-corrected chi connectivity index (χ2v) is 6.88. The maximum Gasteiger partial charge on any atom is 0.269 e. The molecule has 154 valence electrons. The van der Waals surface area contributed by atoms with Crippen molar-refractivity contribution in [1.29, 1.82) is 0 Å². The standard InChI is InChI=1S/C21H15F2N7O/c1-11(28-19-17-18(25-9-24-17)26-10-27-19)20-29-14-7-4-6-13(23)16(14)21(31)30(20)15-8-3-2-5-12(15)22/h2-11H,1H3,(H2,24,25,26,27,28)/t11-/m0/s1. The molecule has 5 rings (SSSR count). The van der Waals surface area contributed by atoms with E-state index in [0.29, 0.717) is 17.0 Å². The van der Waals surface area contributed by atoms with Gasteiger partial charge in [-0.25, -0.2) is 28.7 Å². The van der Waals surface area contributed by atoms with Gasteiger partial charge in [0.15, 0.2) is 11.5 Å². The topological polar surface area (TPSA) is 101 Å². The predicted octanol–water partition coefficient (Wildman–Crippen LogP) is 3.50. The molecule has 1 atom stereocenters. The van der Waals surface area contributed by atoms with Crippen molar-refractivity contribution in [1.82, 2.24) is 29.5 Å². The minimum absolute atomic E-state index is 0.0265. The Labute approximate surface area is 173 Å². The summed E-state index contributed by atoms with van der Waals surface area (Å²) in [7, 11) is 0. The third-order valence-electron chi connectivity index (χ3n) is 4.92. The normalized spacial score (nSPS) is 12.4. The van der Waals surface area contributed by atoms with E-state index in [2.05, 4.69) is 30.2 Å². The van der Waals surface area contributed by atoms with Crippen molar-refractivity contribution in [3.63, 3.8) is 0 Å². The molecule has 0 aliphatic heterocycles. The SMILES string of the molecule is C[C@H](Nc1ncnc2[nH]cnc12)c1nc2cccc(F)c2c(=O)n1-c1ccccc1F. The van der Waals surface area contributed by atoms with Gasteiger partial charge in [0.2, 0.25) is 0 Å². The lowest BCUT2D eigenvalue weighted by atomic mass is 10.2. The summed E-state index contributed by atoms with van der Waals surface area (Å²) in [6, 6.07) is 9.34. The summed E-state index contributed by atoms with van der Waals surface area (Å²) in [5.74, 6) is -0.753. The molecule has 2 N–H and O–H groups in total. The fourth-order valence-corrected chi connectivity index (χ4v) is 3.50. The maximum absolute atomic E-state index is 14.7. The van der Waals surface area contributed by atoms with Gasteiger partial charge in [0.05, 0.1) is 23.6 Å². The average molecular weight is 419 g/mol. The van der Waals surface area contributed by atoms with E-state index in [1.54, 1.807) is 19.1 Å². The molecule has 0 amide bonds. The molecule has 0 saturated heterocycles. The van der Waals surface area contributed by atoms with Crippen LogP contribution in [0.4, 0.5) is 14.6 Å². The minimum atomic E-state index is -0.721. The number of aromatic amines is 1. The van der Waals surface area contributed by atoms with Crippen LogP contribution in [0, 0.1) is 11.6 Å². The van der Waals surface area contributed by atoms with Crippen LogP contribution < -0.4 is 10.9 Å². The summed E-state index contributed by atoms with van der Waals surface area (Å²) < 4.78 is 30.2. The van der Waals surface area contributed by atoms with E-state index < -0.39 is 23.2 Å². The molecule has 0 saturated carbocycles. The fourth-order valence-electron chi connectivity index (χ4n) is 3.50. The van der Waals surface area contributed by atoms with Gasteiger partial charge in [0, 0.05) is 0 Å². The lowest BCUT2D eigenvalue weighted by Gasteiger charge is -2.20. The van der Waals surface area contributed by atoms with Crippen molar-refractivity contribution in [2.45, 2.75) is 13.0 Å². The molecule has 0 aliphatic carbocycles. The van der Waals surface area contributed by atoms with Crippen LogP contribution in [0.25, 0.3) is 27.8 Å². The molecular formula is C21H15F2N7O. The highest BCUT2D eigenvalue weighted by molar-refractivity contribution is 5.82. The molecule has 3 aromatic heterocycles. The molecule has 0 radical (unpaired) electrons. The number of fused-ring (bicyclic) bond motifs is 2. The van der Waals surface area contributed by atoms with Gasteiger partial charge in [-0.3, -0.25) is 9.36 Å². The molecule has 0 fully saturated rings. The van der Waals surface area contributed by atoms with Crippen LogP contribution in [0.2, 0.25) is 0 Å². The van der Waals surface area contributed by atoms with Crippen LogP contribution in [0.3, 0.4) is 0 Å². The third kappa shape index (κ3) is 3.08. The van der Waals surface area contributed by atoms with Crippen LogP contribution in [0.1, 0.15) is 18.8 Å². The first-order valence-corrected chi connectivity index (χ1v) is 9.41. The zero-order valence-corrected chi connectivity index (χ0v) is 16.2. The lowest BCUT2D eigenvalue weighted by Crippen LogP contribution is -2.28. The third-order valence-corrected chi connectivity index (χ3v) is 4.92. The number of nitrogens with one attached hydrogen (secondary N) is 2. The molecule has 3 heterocycles. The molecule has 5 aromatic rings. The average Bonchev–Trinajstić information content (AvgIpc) is 3.24. The Morgan fingerprint density at radius 2 is 1.84 bits per heavy atom. The van der Waals surface area contributed by atoms with E-state index in [1.807, 2.05) is 0 Å². The molecule has 10 heteroatoms. The number of benzene rings is 2. The maximum atomic E-state index is 14.7. The number of imidazole rings is 1. The van der Waals surface area contributed by atoms with Gasteiger partial charge in [0.25, 0.3) is 5.56 Å². The Morgan fingerprint density at radius 3 is 2.68 bits per heavy atom. The first-order valence-electron chi connectivity index (χ1n) is 9.41. The smallest absolute Gasteiger partial charge is 0.269 e. The highest BCUT2D eigenvalue weighted by Gasteiger charge is 2.22. The Kier molecular flexibility index (Phi) is 4.39. The molecule has 0 spiro atoms. The Balaban J connectivity index is 1.74. The second kappa shape index (κ2) is 7.24. The first kappa shape index (κ1) is 18.8. The van der Waals surface area contributed by atoms with E-state index in [1.165, 1.54) is 43.0 Å². The van der Waals surface area contributed by atoms with Crippen molar-refractivity contribution >= 4 is 27.9 Å². The number of anilines is 1. The van der Waals surface area contributed by atoms with Crippen LogP contribution in [0.5, 0.6) is 0 Å². The summed E-state index contributed by atoms with van der Waals surface area (Å²) in [4.78, 5) is 33.2. The number of halogens is 2. The lowest BCUT2D eigenvalue weighted by molar-refractivity contribution is 0.604. The molecule has 0 bridgehead atoms. The van der Waals surface area contributed by atoms with E-state index in [4.69, 9.17) is 0 Å². The number of para-hydroxylation sites is 1. The monoisotopic (exact) mass is 419 g/mol. The van der Waals surface area contributed by atoms with Crippen molar-refractivity contribution < 1.29 is 8.78 Å². The second-order valence-electron chi connectivity index (χ2n) is 6.88. The molecular weight excluding hydrogens is 404 g/mol. The van der Waals surface area contributed by atoms with Gasteiger partial charge < -0.3 is 10.3 Å². The van der Waals surface area contributed by atoms with Crippen molar-refractivity contribution in [2.24, 2.45) is 0 Å². The van der Waals surface area contributed by atoms with Gasteiger partial charge in [-0.15, -0.1) is 0 Å². The zero-order valence-electron chi connectivity index (χ0n) is 16.2. The Bertz CT molecular complexity index is 1490. The summed E-state index contributed by atoms with van der Waals surface area (Å²) in [6.45, 7) is 1.74. The molecule has 2 aromatic carbocycles. The predicted molar refractivity (Wildman–Crippen MR) is 111 cm³/mol. The zero-order chi connectivity index (χ0) is 21.5. The van der Waals surface area contributed by atoms with Gasteiger partial charge in [-0.1, -0.05) is 18.2 Å². The Hall–Kier alpha value is -4.21. The van der Waals surface area contributed by atoms with Gasteiger partial charge in [-0.05, 0) is 31.2 Å². The number of nitrogens with zero attached hydrogens (tertiary/aromatic N) is 5. The van der Waals surface area contributed by atoms with Crippen LogP contribution >= 0.6 is 0 Å². The van der Waals surface area contributed by atoms with Crippen molar-refractivity contribution in [3.05, 3.63) is 82.9 Å². The van der Waals surface area contributed by atoms with E-state index in [0.717, 1.165) is 4.57 Å². The fraction of sp³-hybridized carbons (Fsp3) is 0.0952. The summed E-state index contributed by atoms with van der Waals surface area (Å²) in [6.07, 6.45) is 2.85. The van der Waals surface area contributed by atoms with Crippen molar-refractivity contribution in [2.75, 3.05) is 5.32 Å². The van der Waals surface area contributed by atoms with E-state index >= 15 is 0 Å². The summed E-state index contributed by atoms with van der Waals surface area (Å²) in [5.41, 5.74) is 0.477. The quantitative estimate of drug-likeness (QED) is 0.462. The number of rotatable bonds is 4. The van der Waals surface area contributed by atoms with Gasteiger partial charge in [0.1, 0.15) is 34.7 Å². The first-order chi connectivity index (χ1) is 15.0. The summed E-state index contributed by atoms with van der Waals surface area (Å²) >= 11 is 0. The summed E-state index contributed by atoms with van der Waals surface area (Å²) in [5, 5.41) is 2.94. The molecule has 31 heavy (non-hydrogen) atoms. The van der Waals surface area contributed by atoms with Gasteiger partial charge in [-0.2, -0.15) is 0 Å². The number of H-pyrrole nitrogens is 1. The van der Waals surface area contributed by atoms with E-state index in [9.17, 15) is 13.6 Å². The molecule has 0 unspecified atom stereocenters. The van der Waals surface area contributed by atoms with E-state index in [-0.39, 0.29) is 22.4 Å². The number of hydrogen-bond donors (Lipinski definition) is 2. The number of hydrogen-bond acceptors (Lipinski definition) is 6. The van der Waals surface area contributed by atoms with Crippen LogP contribution in [-0.2, 0) is 0 Å². The Morgan fingerprint density at radius 1 is 1.03 bits per heavy atom. The molecule has 8 nitrogen and oxygen atoms in total. The molecule has 0 aliphatic rings. The number of aromatic nitrogens is 6. The van der Waals surface area contributed by atoms with Gasteiger partial charge >= 0.3 is 0 Å². The largest absolute Gasteiger partial charge is 0.358 e.